The minimum Gasteiger partial charge on any atom is -0.399 e. The normalized spacial score (nSPS) is 17.0. The van der Waals surface area contributed by atoms with E-state index >= 15 is 0 Å². The number of hydrazone groups is 1. The molecule has 6 heteroatoms. The van der Waals surface area contributed by atoms with E-state index in [2.05, 4.69) is 5.10 Å². The Morgan fingerprint density at radius 2 is 2.04 bits per heavy atom. The fourth-order valence-corrected chi connectivity index (χ4v) is 3.10. The number of nitrogens with zero attached hydrogens (tertiary/aromatic N) is 2. The van der Waals surface area contributed by atoms with Crippen LogP contribution in [0.1, 0.15) is 36.9 Å². The molecule has 0 bridgehead atoms. The number of amides is 1. The van der Waals surface area contributed by atoms with Gasteiger partial charge in [0.15, 0.2) is 0 Å². The molecule has 0 fully saturated rings. The molecular weight excluding hydrogens is 329 g/mol. The lowest BCUT2D eigenvalue weighted by Crippen LogP contribution is -2.27. The number of carbonyl (C=O) groups excluding carboxylic acids is 1. The van der Waals surface area contributed by atoms with Crippen LogP contribution in [0.2, 0.25) is 5.02 Å². The summed E-state index contributed by atoms with van der Waals surface area (Å²) in [6, 6.07) is 11.2. The topological polar surface area (TPSA) is 58.7 Å². The number of carbonyl (C=O) groups is 1. The maximum atomic E-state index is 14.3. The van der Waals surface area contributed by atoms with Crippen molar-refractivity contribution in [3.05, 3.63) is 64.4 Å². The van der Waals surface area contributed by atoms with Crippen LogP contribution in [0, 0.1) is 5.82 Å². The van der Waals surface area contributed by atoms with Gasteiger partial charge in [0, 0.05) is 29.1 Å². The van der Waals surface area contributed by atoms with E-state index in [1.54, 1.807) is 31.2 Å². The number of nitrogen functional groups attached to an aromatic ring is 1. The summed E-state index contributed by atoms with van der Waals surface area (Å²) >= 11 is 6.19. The minimum atomic E-state index is -0.543. The number of nitrogens with two attached hydrogens (primary N) is 1. The van der Waals surface area contributed by atoms with Crippen molar-refractivity contribution in [3.63, 3.8) is 0 Å². The summed E-state index contributed by atoms with van der Waals surface area (Å²) < 4.78 is 14.3. The third kappa shape index (κ3) is 2.99. The molecule has 0 aromatic heterocycles. The average Bonchev–Trinajstić information content (AvgIpc) is 2.99. The van der Waals surface area contributed by atoms with Crippen LogP contribution < -0.4 is 5.73 Å². The second-order valence-electron chi connectivity index (χ2n) is 5.62. The summed E-state index contributed by atoms with van der Waals surface area (Å²) in [6.45, 7) is 1.75. The maximum Gasteiger partial charge on any atom is 0.242 e. The fourth-order valence-electron chi connectivity index (χ4n) is 2.81. The van der Waals surface area contributed by atoms with E-state index in [1.807, 2.05) is 12.1 Å². The molecule has 24 heavy (non-hydrogen) atoms. The number of hydrogen-bond acceptors (Lipinski definition) is 3. The van der Waals surface area contributed by atoms with E-state index in [4.69, 9.17) is 17.3 Å². The fraction of sp³-hybridized carbons (Fsp3) is 0.222. The molecule has 0 saturated carbocycles. The van der Waals surface area contributed by atoms with Gasteiger partial charge in [-0.1, -0.05) is 36.7 Å². The van der Waals surface area contributed by atoms with Gasteiger partial charge in [0.2, 0.25) is 5.91 Å². The number of halogens is 2. The van der Waals surface area contributed by atoms with Gasteiger partial charge in [0.1, 0.15) is 5.82 Å². The molecular formula is C18H17ClFN3O. The molecule has 1 aliphatic rings. The first-order valence-electron chi connectivity index (χ1n) is 7.70. The van der Waals surface area contributed by atoms with E-state index < -0.39 is 11.9 Å². The van der Waals surface area contributed by atoms with Crippen LogP contribution in [0.3, 0.4) is 0 Å². The highest BCUT2D eigenvalue weighted by Crippen LogP contribution is 2.38. The van der Waals surface area contributed by atoms with Crippen molar-refractivity contribution in [2.45, 2.75) is 25.8 Å². The molecule has 0 aliphatic carbocycles. The van der Waals surface area contributed by atoms with E-state index in [0.29, 0.717) is 28.4 Å². The van der Waals surface area contributed by atoms with E-state index in [9.17, 15) is 9.18 Å². The SMILES string of the molecule is CCC(=O)N1N=C(c2ccc(N)cc2)CC1c1c(F)cccc1Cl. The van der Waals surface area contributed by atoms with Crippen molar-refractivity contribution in [1.29, 1.82) is 0 Å². The molecule has 2 aromatic carbocycles. The molecule has 1 atom stereocenters. The zero-order chi connectivity index (χ0) is 17.3. The highest BCUT2D eigenvalue weighted by Gasteiger charge is 2.35. The third-order valence-electron chi connectivity index (χ3n) is 4.05. The molecule has 4 nitrogen and oxygen atoms in total. The molecule has 2 N–H and O–H groups in total. The van der Waals surface area contributed by atoms with Gasteiger partial charge < -0.3 is 5.73 Å². The molecule has 1 amide bonds. The molecule has 1 unspecified atom stereocenters. The molecule has 0 saturated heterocycles. The van der Waals surface area contributed by atoms with E-state index in [-0.39, 0.29) is 12.3 Å². The van der Waals surface area contributed by atoms with Gasteiger partial charge in [-0.05, 0) is 29.8 Å². The van der Waals surface area contributed by atoms with Gasteiger partial charge in [0.25, 0.3) is 0 Å². The van der Waals surface area contributed by atoms with Crippen molar-refractivity contribution >= 4 is 28.9 Å². The Bertz CT molecular complexity index is 784. The van der Waals surface area contributed by atoms with Crippen LogP contribution in [0.25, 0.3) is 0 Å². The first-order valence-corrected chi connectivity index (χ1v) is 8.08. The van der Waals surface area contributed by atoms with Gasteiger partial charge in [-0.25, -0.2) is 9.40 Å². The van der Waals surface area contributed by atoms with Gasteiger partial charge in [-0.3, -0.25) is 4.79 Å². The summed E-state index contributed by atoms with van der Waals surface area (Å²) in [7, 11) is 0. The first-order chi connectivity index (χ1) is 11.5. The number of anilines is 1. The standard InChI is InChI=1S/C18H17ClFN3O/c1-2-17(24)23-16(18-13(19)4-3-5-14(18)20)10-15(22-23)11-6-8-12(21)9-7-11/h3-9,16H,2,10,21H2,1H3. The Labute approximate surface area is 144 Å². The Morgan fingerprint density at radius 1 is 1.33 bits per heavy atom. The summed E-state index contributed by atoms with van der Waals surface area (Å²) in [4.78, 5) is 12.3. The molecule has 1 aliphatic heterocycles. The second kappa shape index (κ2) is 6.61. The molecule has 3 rings (SSSR count). The predicted molar refractivity (Wildman–Crippen MR) is 93.3 cm³/mol. The van der Waals surface area contributed by atoms with Crippen molar-refractivity contribution in [1.82, 2.24) is 5.01 Å². The second-order valence-corrected chi connectivity index (χ2v) is 6.02. The molecule has 0 spiro atoms. The van der Waals surface area contributed by atoms with Gasteiger partial charge in [-0.15, -0.1) is 0 Å². The van der Waals surface area contributed by atoms with Gasteiger partial charge in [-0.2, -0.15) is 5.10 Å². The number of rotatable bonds is 3. The summed E-state index contributed by atoms with van der Waals surface area (Å²) in [5.74, 6) is -0.611. The smallest absolute Gasteiger partial charge is 0.242 e. The molecule has 124 valence electrons. The maximum absolute atomic E-state index is 14.3. The average molecular weight is 346 g/mol. The molecule has 0 radical (unpaired) electrons. The summed E-state index contributed by atoms with van der Waals surface area (Å²) in [5.41, 5.74) is 8.22. The van der Waals surface area contributed by atoms with Gasteiger partial charge >= 0.3 is 0 Å². The van der Waals surface area contributed by atoms with Crippen LogP contribution in [-0.2, 0) is 4.79 Å². The lowest BCUT2D eigenvalue weighted by atomic mass is 9.97. The number of hydrogen-bond donors (Lipinski definition) is 1. The lowest BCUT2D eigenvalue weighted by Gasteiger charge is -2.22. The Balaban J connectivity index is 2.02. The van der Waals surface area contributed by atoms with Crippen LogP contribution in [0.5, 0.6) is 0 Å². The Hall–Kier alpha value is -2.40. The lowest BCUT2D eigenvalue weighted by molar-refractivity contribution is -0.132. The zero-order valence-electron chi connectivity index (χ0n) is 13.2. The van der Waals surface area contributed by atoms with Crippen molar-refractivity contribution in [2.24, 2.45) is 5.10 Å². The summed E-state index contributed by atoms with van der Waals surface area (Å²) in [6.07, 6.45) is 0.678. The largest absolute Gasteiger partial charge is 0.399 e. The summed E-state index contributed by atoms with van der Waals surface area (Å²) in [5, 5.41) is 6.07. The van der Waals surface area contributed by atoms with Gasteiger partial charge in [0.05, 0.1) is 11.8 Å². The predicted octanol–water partition coefficient (Wildman–Crippen LogP) is 4.15. The highest BCUT2D eigenvalue weighted by atomic mass is 35.5. The minimum absolute atomic E-state index is 0.176. The molecule has 2 aromatic rings. The van der Waals surface area contributed by atoms with Crippen LogP contribution in [0.15, 0.2) is 47.6 Å². The first kappa shape index (κ1) is 16.5. The van der Waals surface area contributed by atoms with Crippen LogP contribution in [0.4, 0.5) is 10.1 Å². The Kier molecular flexibility index (Phi) is 4.53. The Morgan fingerprint density at radius 3 is 2.67 bits per heavy atom. The zero-order valence-corrected chi connectivity index (χ0v) is 13.9. The third-order valence-corrected chi connectivity index (χ3v) is 4.37. The van der Waals surface area contributed by atoms with E-state index in [0.717, 1.165) is 5.56 Å². The monoisotopic (exact) mass is 345 g/mol. The van der Waals surface area contributed by atoms with Crippen LogP contribution in [-0.4, -0.2) is 16.6 Å². The number of benzene rings is 2. The van der Waals surface area contributed by atoms with E-state index in [1.165, 1.54) is 11.1 Å². The quantitative estimate of drug-likeness (QED) is 0.849. The van der Waals surface area contributed by atoms with Crippen molar-refractivity contribution < 1.29 is 9.18 Å². The van der Waals surface area contributed by atoms with Crippen molar-refractivity contribution in [3.8, 4) is 0 Å². The molecule has 1 heterocycles. The van der Waals surface area contributed by atoms with Crippen molar-refractivity contribution in [2.75, 3.05) is 5.73 Å². The van der Waals surface area contributed by atoms with Crippen LogP contribution >= 0.6 is 11.6 Å². The highest BCUT2D eigenvalue weighted by molar-refractivity contribution is 6.31.